The highest BCUT2D eigenvalue weighted by atomic mass is 16.7. The van der Waals surface area contributed by atoms with Crippen LogP contribution in [0.4, 0.5) is 9.59 Å². The topological polar surface area (TPSA) is 80.9 Å². The van der Waals surface area contributed by atoms with Crippen molar-refractivity contribution in [3.63, 3.8) is 0 Å². The van der Waals surface area contributed by atoms with Gasteiger partial charge in [0.2, 0.25) is 0 Å². The van der Waals surface area contributed by atoms with Gasteiger partial charge in [-0.15, -0.1) is 0 Å². The number of rotatable bonds is 7. The smallest absolute Gasteiger partial charge is 0.444 e. The zero-order chi connectivity index (χ0) is 20.6. The van der Waals surface area contributed by atoms with Crippen molar-refractivity contribution < 1.29 is 23.8 Å². The van der Waals surface area contributed by atoms with Crippen molar-refractivity contribution in [3.05, 3.63) is 48.2 Å². The van der Waals surface area contributed by atoms with E-state index in [1.54, 1.807) is 17.1 Å². The molecule has 0 radical (unpaired) electrons. The molecule has 1 aromatic carbocycles. The van der Waals surface area contributed by atoms with Crippen LogP contribution in [0, 0.1) is 0 Å². The second-order valence-corrected chi connectivity index (χ2v) is 7.27. The largest absolute Gasteiger partial charge is 0.508 e. The first kappa shape index (κ1) is 21.3. The number of nitrogens with one attached hydrogen (secondary N) is 1. The molecule has 0 saturated carbocycles. The molecule has 152 valence electrons. The van der Waals surface area contributed by atoms with E-state index in [2.05, 4.69) is 15.8 Å². The third-order valence-corrected chi connectivity index (χ3v) is 3.93. The van der Waals surface area contributed by atoms with Gasteiger partial charge in [-0.1, -0.05) is 24.3 Å². The summed E-state index contributed by atoms with van der Waals surface area (Å²) in [5.74, 6) is 0. The third-order valence-electron chi connectivity index (χ3n) is 3.93. The number of carbonyl (C=O) groups is 2. The Morgan fingerprint density at radius 2 is 1.93 bits per heavy atom. The number of carbonyl (C=O) groups excluding carboxylic acids is 2. The number of benzene rings is 1. The van der Waals surface area contributed by atoms with Crippen molar-refractivity contribution in [2.45, 2.75) is 32.8 Å². The fourth-order valence-corrected chi connectivity index (χ4v) is 2.62. The molecule has 0 atom stereocenters. The van der Waals surface area contributed by atoms with Crippen molar-refractivity contribution in [1.82, 2.24) is 9.88 Å². The Bertz CT molecular complexity index is 820. The maximum Gasteiger partial charge on any atom is 0.508 e. The van der Waals surface area contributed by atoms with Crippen LogP contribution in [0.1, 0.15) is 26.3 Å². The molecule has 1 aromatic heterocycles. The van der Waals surface area contributed by atoms with Gasteiger partial charge < -0.3 is 24.1 Å². The van der Waals surface area contributed by atoms with Crippen LogP contribution in [0.2, 0.25) is 0 Å². The molecule has 1 N–H and O–H groups in total. The fraction of sp³-hybridized carbons (Fsp3) is 0.429. The highest BCUT2D eigenvalue weighted by Crippen LogP contribution is 2.19. The van der Waals surface area contributed by atoms with Crippen LogP contribution in [-0.4, -0.2) is 54.5 Å². The zero-order valence-electron chi connectivity index (χ0n) is 16.9. The van der Waals surface area contributed by atoms with Gasteiger partial charge in [0.05, 0.1) is 7.11 Å². The predicted molar refractivity (Wildman–Crippen MR) is 107 cm³/mol. The molecule has 0 fully saturated rings. The van der Waals surface area contributed by atoms with Gasteiger partial charge in [-0.25, -0.2) is 9.59 Å². The standard InChI is InChI=1S/C21H28N2O5/c1-21(2,3)28-19(24)23(12-7-8-14-27-20(25)26-4)13-11-16-15-22-18-10-6-5-9-17(16)18/h5-10,15,22H,11-14H2,1-4H3/b8-7+. The minimum Gasteiger partial charge on any atom is -0.444 e. The van der Waals surface area contributed by atoms with Crippen molar-refractivity contribution in [1.29, 1.82) is 0 Å². The monoisotopic (exact) mass is 388 g/mol. The number of hydrogen-bond donors (Lipinski definition) is 1. The normalized spacial score (nSPS) is 11.6. The molecule has 0 bridgehead atoms. The first-order valence-corrected chi connectivity index (χ1v) is 9.19. The molecule has 1 heterocycles. The highest BCUT2D eigenvalue weighted by Gasteiger charge is 2.21. The zero-order valence-corrected chi connectivity index (χ0v) is 16.9. The number of aromatic amines is 1. The second-order valence-electron chi connectivity index (χ2n) is 7.27. The number of aromatic nitrogens is 1. The number of methoxy groups -OCH3 is 1. The summed E-state index contributed by atoms with van der Waals surface area (Å²) in [6.07, 6.45) is 4.97. The molecule has 0 aliphatic heterocycles. The van der Waals surface area contributed by atoms with Gasteiger partial charge in [-0.2, -0.15) is 0 Å². The Morgan fingerprint density at radius 1 is 1.18 bits per heavy atom. The van der Waals surface area contributed by atoms with Crippen LogP contribution in [0.15, 0.2) is 42.6 Å². The lowest BCUT2D eigenvalue weighted by Crippen LogP contribution is -2.38. The van der Waals surface area contributed by atoms with E-state index < -0.39 is 11.8 Å². The van der Waals surface area contributed by atoms with E-state index in [1.807, 2.05) is 45.2 Å². The molecular formula is C21H28N2O5. The number of fused-ring (bicyclic) bond motifs is 1. The molecule has 0 saturated heterocycles. The molecule has 0 aliphatic rings. The van der Waals surface area contributed by atoms with Gasteiger partial charge in [0.25, 0.3) is 0 Å². The van der Waals surface area contributed by atoms with E-state index in [9.17, 15) is 9.59 Å². The summed E-state index contributed by atoms with van der Waals surface area (Å²) in [4.78, 5) is 28.4. The Labute approximate surface area is 165 Å². The van der Waals surface area contributed by atoms with E-state index in [4.69, 9.17) is 9.47 Å². The second kappa shape index (κ2) is 9.82. The fourth-order valence-electron chi connectivity index (χ4n) is 2.62. The summed E-state index contributed by atoms with van der Waals surface area (Å²) in [5.41, 5.74) is 1.64. The first-order valence-electron chi connectivity index (χ1n) is 9.19. The van der Waals surface area contributed by atoms with Gasteiger partial charge in [0.15, 0.2) is 0 Å². The average molecular weight is 388 g/mol. The van der Waals surface area contributed by atoms with Gasteiger partial charge >= 0.3 is 12.2 Å². The number of para-hydroxylation sites is 1. The summed E-state index contributed by atoms with van der Waals surface area (Å²) in [5, 5.41) is 1.15. The van der Waals surface area contributed by atoms with Crippen LogP contribution in [0.25, 0.3) is 10.9 Å². The molecule has 1 amide bonds. The van der Waals surface area contributed by atoms with Crippen molar-refractivity contribution in [2.75, 3.05) is 26.8 Å². The number of ether oxygens (including phenoxy) is 3. The van der Waals surface area contributed by atoms with Crippen molar-refractivity contribution in [2.24, 2.45) is 0 Å². The third kappa shape index (κ3) is 6.64. The van der Waals surface area contributed by atoms with E-state index in [0.717, 1.165) is 16.5 Å². The average Bonchev–Trinajstić information content (AvgIpc) is 3.05. The van der Waals surface area contributed by atoms with E-state index in [-0.39, 0.29) is 12.7 Å². The van der Waals surface area contributed by atoms with Gasteiger partial charge in [0, 0.05) is 30.2 Å². The van der Waals surface area contributed by atoms with E-state index >= 15 is 0 Å². The van der Waals surface area contributed by atoms with Gasteiger partial charge in [-0.05, 0) is 44.9 Å². The molecule has 7 nitrogen and oxygen atoms in total. The Morgan fingerprint density at radius 3 is 2.64 bits per heavy atom. The maximum absolute atomic E-state index is 12.6. The molecule has 0 spiro atoms. The molecule has 2 aromatic rings. The van der Waals surface area contributed by atoms with E-state index in [0.29, 0.717) is 19.5 Å². The minimum atomic E-state index is -0.743. The number of nitrogens with zero attached hydrogens (tertiary/aromatic N) is 1. The molecule has 0 aliphatic carbocycles. The van der Waals surface area contributed by atoms with Crippen LogP contribution >= 0.6 is 0 Å². The minimum absolute atomic E-state index is 0.0806. The summed E-state index contributed by atoms with van der Waals surface area (Å²) < 4.78 is 14.7. The molecule has 7 heteroatoms. The number of amides is 1. The maximum atomic E-state index is 12.6. The quantitative estimate of drug-likeness (QED) is 0.565. The number of H-pyrrole nitrogens is 1. The molecule has 2 rings (SSSR count). The first-order chi connectivity index (χ1) is 13.3. The van der Waals surface area contributed by atoms with Crippen LogP contribution in [0.5, 0.6) is 0 Å². The Balaban J connectivity index is 2.00. The van der Waals surface area contributed by atoms with Crippen LogP contribution in [0.3, 0.4) is 0 Å². The summed E-state index contributed by atoms with van der Waals surface area (Å²) in [6.45, 7) is 6.44. The summed E-state index contributed by atoms with van der Waals surface area (Å²) in [6, 6.07) is 8.06. The van der Waals surface area contributed by atoms with E-state index in [1.165, 1.54) is 7.11 Å². The highest BCUT2D eigenvalue weighted by molar-refractivity contribution is 5.83. The molecule has 28 heavy (non-hydrogen) atoms. The lowest BCUT2D eigenvalue weighted by molar-refractivity contribution is 0.0273. The summed E-state index contributed by atoms with van der Waals surface area (Å²) in [7, 11) is 1.25. The van der Waals surface area contributed by atoms with Gasteiger partial charge in [0.1, 0.15) is 12.2 Å². The van der Waals surface area contributed by atoms with Crippen molar-refractivity contribution in [3.8, 4) is 0 Å². The SMILES string of the molecule is COC(=O)OC/C=C/CN(CCc1c[nH]c2ccccc12)C(=O)OC(C)(C)C. The Kier molecular flexibility index (Phi) is 7.49. The number of hydrogen-bond acceptors (Lipinski definition) is 5. The Hall–Kier alpha value is -2.96. The summed E-state index contributed by atoms with van der Waals surface area (Å²) >= 11 is 0. The van der Waals surface area contributed by atoms with Crippen molar-refractivity contribution >= 4 is 23.2 Å². The van der Waals surface area contributed by atoms with Crippen LogP contribution < -0.4 is 0 Å². The molecule has 0 unspecified atom stereocenters. The lowest BCUT2D eigenvalue weighted by Gasteiger charge is -2.26. The molecular weight excluding hydrogens is 360 g/mol. The van der Waals surface area contributed by atoms with Gasteiger partial charge in [-0.3, -0.25) is 0 Å². The lowest BCUT2D eigenvalue weighted by atomic mass is 10.1. The van der Waals surface area contributed by atoms with Crippen LogP contribution in [-0.2, 0) is 20.6 Å². The predicted octanol–water partition coefficient (Wildman–Crippen LogP) is 4.29.